The van der Waals surface area contributed by atoms with E-state index in [0.29, 0.717) is 36.2 Å². The highest BCUT2D eigenvalue weighted by Gasteiger charge is 2.35. The van der Waals surface area contributed by atoms with Crippen LogP contribution in [0.5, 0.6) is 23.0 Å². The average Bonchev–Trinajstić information content (AvgIpc) is 3.40. The number of aryl methyl sites for hydroxylation is 1. The van der Waals surface area contributed by atoms with Crippen LogP contribution in [0.4, 0.5) is 0 Å². The maximum atomic E-state index is 13.2. The summed E-state index contributed by atoms with van der Waals surface area (Å²) in [5.74, 6) is 2.96. The van der Waals surface area contributed by atoms with Crippen molar-refractivity contribution >= 4 is 23.5 Å². The first-order valence-corrected chi connectivity index (χ1v) is 11.0. The number of nitrogens with zero attached hydrogens (tertiary/aromatic N) is 1. The maximum absolute atomic E-state index is 13.2. The van der Waals surface area contributed by atoms with Gasteiger partial charge in [0.1, 0.15) is 18.2 Å². The van der Waals surface area contributed by atoms with Gasteiger partial charge in [-0.05, 0) is 54.0 Å². The summed E-state index contributed by atoms with van der Waals surface area (Å²) in [5, 5.41) is 0.564. The third-order valence-corrected chi connectivity index (χ3v) is 6.37. The molecule has 7 heteroatoms. The quantitative estimate of drug-likeness (QED) is 0.490. The summed E-state index contributed by atoms with van der Waals surface area (Å²) < 4.78 is 23.1. The molecule has 6 rings (SSSR count). The van der Waals surface area contributed by atoms with Crippen molar-refractivity contribution < 1.29 is 23.7 Å². The van der Waals surface area contributed by atoms with E-state index in [0.717, 1.165) is 39.5 Å². The van der Waals surface area contributed by atoms with Crippen molar-refractivity contribution in [3.8, 4) is 23.0 Å². The topological polar surface area (TPSA) is 57.2 Å². The summed E-state index contributed by atoms with van der Waals surface area (Å²) in [7, 11) is 0. The minimum Gasteiger partial charge on any atom is -0.478 e. The third-order valence-electron chi connectivity index (χ3n) is 6.02. The van der Waals surface area contributed by atoms with Gasteiger partial charge in [-0.2, -0.15) is 0 Å². The predicted octanol–water partition coefficient (Wildman–Crippen LogP) is 5.35. The second-order valence-corrected chi connectivity index (χ2v) is 8.69. The Morgan fingerprint density at radius 1 is 1.03 bits per heavy atom. The Kier molecular flexibility index (Phi) is 4.78. The van der Waals surface area contributed by atoms with Gasteiger partial charge < -0.3 is 18.9 Å². The van der Waals surface area contributed by atoms with Crippen LogP contribution in [0.15, 0.2) is 54.3 Å². The molecule has 0 amide bonds. The maximum Gasteiger partial charge on any atom is 0.232 e. The fourth-order valence-corrected chi connectivity index (χ4v) is 4.60. The fourth-order valence-electron chi connectivity index (χ4n) is 4.41. The number of fused-ring (bicyclic) bond motifs is 4. The lowest BCUT2D eigenvalue weighted by Gasteiger charge is -2.30. The van der Waals surface area contributed by atoms with Crippen molar-refractivity contribution in [1.29, 1.82) is 0 Å². The van der Waals surface area contributed by atoms with Crippen LogP contribution in [-0.4, -0.2) is 24.2 Å². The van der Waals surface area contributed by atoms with Gasteiger partial charge in [-0.15, -0.1) is 0 Å². The number of ketones is 1. The van der Waals surface area contributed by atoms with Gasteiger partial charge in [0, 0.05) is 18.1 Å². The Balaban J connectivity index is 1.30. The first kappa shape index (κ1) is 20.1. The van der Waals surface area contributed by atoms with Crippen molar-refractivity contribution in [2.24, 2.45) is 0 Å². The SMILES string of the molecule is Cc1cc2c(c3c1C(=O)/C(=C/c1ccccc1Cl)O3)CN(Cc1ccc3c(c1)OCO3)CO2. The molecule has 0 aliphatic carbocycles. The van der Waals surface area contributed by atoms with Crippen LogP contribution in [0.2, 0.25) is 5.02 Å². The van der Waals surface area contributed by atoms with E-state index in [4.69, 9.17) is 30.5 Å². The number of Topliss-reactive ketones (excluding diaryl/α,β-unsaturated/α-hetero) is 1. The monoisotopic (exact) mass is 461 g/mol. The van der Waals surface area contributed by atoms with Crippen molar-refractivity contribution in [2.45, 2.75) is 20.0 Å². The largest absolute Gasteiger partial charge is 0.478 e. The van der Waals surface area contributed by atoms with E-state index >= 15 is 0 Å². The first-order valence-electron chi connectivity index (χ1n) is 10.7. The minimum atomic E-state index is -0.141. The van der Waals surface area contributed by atoms with Gasteiger partial charge in [-0.3, -0.25) is 9.69 Å². The summed E-state index contributed by atoms with van der Waals surface area (Å²) in [6.07, 6.45) is 1.70. The predicted molar refractivity (Wildman–Crippen MR) is 123 cm³/mol. The van der Waals surface area contributed by atoms with Gasteiger partial charge in [-0.25, -0.2) is 0 Å². The molecular formula is C26H20ClNO5. The molecule has 3 aliphatic heterocycles. The highest BCUT2D eigenvalue weighted by Crippen LogP contribution is 2.44. The number of benzene rings is 3. The summed E-state index contributed by atoms with van der Waals surface area (Å²) in [6, 6.07) is 15.2. The van der Waals surface area contributed by atoms with E-state index in [2.05, 4.69) is 4.90 Å². The Morgan fingerprint density at radius 3 is 2.76 bits per heavy atom. The van der Waals surface area contributed by atoms with E-state index in [9.17, 15) is 4.79 Å². The molecule has 0 saturated heterocycles. The molecule has 0 aromatic heterocycles. The molecule has 0 fully saturated rings. The summed E-state index contributed by atoms with van der Waals surface area (Å²) >= 11 is 6.28. The van der Waals surface area contributed by atoms with E-state index in [1.54, 1.807) is 12.1 Å². The molecule has 3 aliphatic rings. The standard InChI is InChI=1S/C26H20ClNO5/c1-15-8-21-18(12-28(13-30-21)11-16-6-7-20-22(9-16)32-14-31-20)26-24(15)25(29)23(33-26)10-17-4-2-3-5-19(17)27/h2-10H,11-14H2,1H3/b23-10-. The number of allylic oxidation sites excluding steroid dienone is 1. The first-order chi connectivity index (χ1) is 16.1. The highest BCUT2D eigenvalue weighted by molar-refractivity contribution is 6.32. The van der Waals surface area contributed by atoms with Crippen molar-refractivity contribution in [1.82, 2.24) is 4.90 Å². The Labute approximate surface area is 195 Å². The number of hydrogen-bond acceptors (Lipinski definition) is 6. The zero-order chi connectivity index (χ0) is 22.5. The van der Waals surface area contributed by atoms with Crippen molar-refractivity contribution in [3.05, 3.63) is 87.1 Å². The molecule has 3 heterocycles. The zero-order valence-electron chi connectivity index (χ0n) is 17.9. The van der Waals surface area contributed by atoms with Crippen LogP contribution in [0.1, 0.15) is 32.6 Å². The van der Waals surface area contributed by atoms with Gasteiger partial charge >= 0.3 is 0 Å². The molecule has 3 aromatic carbocycles. The van der Waals surface area contributed by atoms with E-state index in [1.807, 2.05) is 49.4 Å². The molecule has 33 heavy (non-hydrogen) atoms. The molecule has 0 atom stereocenters. The molecule has 0 radical (unpaired) electrons. The Bertz CT molecular complexity index is 1330. The van der Waals surface area contributed by atoms with Crippen LogP contribution in [-0.2, 0) is 13.1 Å². The highest BCUT2D eigenvalue weighted by atomic mass is 35.5. The number of carbonyl (C=O) groups excluding carboxylic acids is 1. The molecule has 0 spiro atoms. The molecule has 0 bridgehead atoms. The molecule has 0 N–H and O–H groups in total. The van der Waals surface area contributed by atoms with Crippen LogP contribution < -0.4 is 18.9 Å². The van der Waals surface area contributed by atoms with Gasteiger partial charge in [0.2, 0.25) is 12.6 Å². The van der Waals surface area contributed by atoms with Gasteiger partial charge in [-0.1, -0.05) is 35.9 Å². The molecule has 0 saturated carbocycles. The summed E-state index contributed by atoms with van der Waals surface area (Å²) in [4.78, 5) is 15.3. The smallest absolute Gasteiger partial charge is 0.232 e. The average molecular weight is 462 g/mol. The van der Waals surface area contributed by atoms with E-state index in [1.165, 1.54) is 0 Å². The van der Waals surface area contributed by atoms with Gasteiger partial charge in [0.15, 0.2) is 17.3 Å². The second kappa shape index (κ2) is 7.83. The van der Waals surface area contributed by atoms with Crippen LogP contribution in [0, 0.1) is 6.92 Å². The number of halogens is 1. The minimum absolute atomic E-state index is 0.141. The normalized spacial score (nSPS) is 17.5. The van der Waals surface area contributed by atoms with Crippen molar-refractivity contribution in [3.63, 3.8) is 0 Å². The molecule has 6 nitrogen and oxygen atoms in total. The molecule has 0 unspecified atom stereocenters. The van der Waals surface area contributed by atoms with Crippen LogP contribution in [0.3, 0.4) is 0 Å². The van der Waals surface area contributed by atoms with Gasteiger partial charge in [0.25, 0.3) is 0 Å². The van der Waals surface area contributed by atoms with E-state index in [-0.39, 0.29) is 18.3 Å². The second-order valence-electron chi connectivity index (χ2n) is 8.28. The van der Waals surface area contributed by atoms with E-state index < -0.39 is 0 Å². The molecular weight excluding hydrogens is 442 g/mol. The number of hydrogen-bond donors (Lipinski definition) is 0. The Morgan fingerprint density at radius 2 is 1.88 bits per heavy atom. The lowest BCUT2D eigenvalue weighted by Crippen LogP contribution is -2.31. The summed E-state index contributed by atoms with van der Waals surface area (Å²) in [6.45, 7) is 3.85. The lowest BCUT2D eigenvalue weighted by molar-refractivity contribution is 0.0871. The number of rotatable bonds is 3. The fraction of sp³-hybridized carbons (Fsp3) is 0.192. The molecule has 3 aromatic rings. The number of carbonyl (C=O) groups is 1. The lowest BCUT2D eigenvalue weighted by atomic mass is 9.98. The zero-order valence-corrected chi connectivity index (χ0v) is 18.6. The molecule has 166 valence electrons. The number of ether oxygens (including phenoxy) is 4. The van der Waals surface area contributed by atoms with Crippen molar-refractivity contribution in [2.75, 3.05) is 13.5 Å². The van der Waals surface area contributed by atoms with Gasteiger partial charge in [0.05, 0.1) is 11.1 Å². The van der Waals surface area contributed by atoms with Crippen LogP contribution >= 0.6 is 11.6 Å². The summed E-state index contributed by atoms with van der Waals surface area (Å²) in [5.41, 5.74) is 4.12. The Hall–Kier alpha value is -3.48. The third kappa shape index (κ3) is 3.52. The van der Waals surface area contributed by atoms with Crippen LogP contribution in [0.25, 0.3) is 6.08 Å².